The molecule has 7 heteroatoms. The van der Waals surface area contributed by atoms with Crippen molar-refractivity contribution < 1.29 is 9.59 Å². The minimum absolute atomic E-state index is 0. The monoisotopic (exact) mass is 412 g/mol. The number of likely N-dealkylation sites (tertiary alicyclic amines) is 1. The van der Waals surface area contributed by atoms with E-state index in [1.165, 1.54) is 25.7 Å². The molecule has 0 aromatic heterocycles. The highest BCUT2D eigenvalue weighted by Crippen LogP contribution is 2.55. The number of halogens is 1. The van der Waals surface area contributed by atoms with Crippen LogP contribution in [0.3, 0.4) is 0 Å². The van der Waals surface area contributed by atoms with Gasteiger partial charge in [-0.2, -0.15) is 0 Å². The average Bonchev–Trinajstić information content (AvgIpc) is 2.60. The fourth-order valence-electron chi connectivity index (χ4n) is 6.74. The average molecular weight is 413 g/mol. The van der Waals surface area contributed by atoms with Gasteiger partial charge >= 0.3 is 6.03 Å². The maximum absolute atomic E-state index is 12.5. The van der Waals surface area contributed by atoms with Crippen molar-refractivity contribution in [2.75, 3.05) is 33.2 Å². The zero-order valence-electron chi connectivity index (χ0n) is 17.2. The molecule has 0 aromatic rings. The summed E-state index contributed by atoms with van der Waals surface area (Å²) in [5, 5.41) is 9.49. The lowest BCUT2D eigenvalue weighted by Gasteiger charge is -2.56. The summed E-state index contributed by atoms with van der Waals surface area (Å²) in [6.45, 7) is 3.11. The smallest absolute Gasteiger partial charge is 0.315 e. The van der Waals surface area contributed by atoms with Crippen molar-refractivity contribution >= 4 is 24.3 Å². The molecule has 6 nitrogen and oxygen atoms in total. The number of nitrogens with one attached hydrogen (secondary N) is 3. The zero-order chi connectivity index (χ0) is 18.9. The lowest BCUT2D eigenvalue weighted by atomic mass is 9.53. The summed E-state index contributed by atoms with van der Waals surface area (Å²) >= 11 is 0. The molecule has 5 rings (SSSR count). The number of urea groups is 1. The molecule has 1 saturated heterocycles. The second kappa shape index (κ2) is 9.21. The number of carbonyl (C=O) groups excluding carboxylic acids is 2. The number of carbonyl (C=O) groups is 2. The number of hydrogen-bond donors (Lipinski definition) is 3. The minimum Gasteiger partial charge on any atom is -0.342 e. The normalized spacial score (nSPS) is 36.0. The van der Waals surface area contributed by atoms with Gasteiger partial charge in [0.25, 0.3) is 0 Å². The van der Waals surface area contributed by atoms with Crippen molar-refractivity contribution in [1.29, 1.82) is 0 Å². The molecule has 160 valence electrons. The van der Waals surface area contributed by atoms with Gasteiger partial charge in [0.05, 0.1) is 0 Å². The molecule has 3 N–H and O–H groups in total. The second-order valence-corrected chi connectivity index (χ2v) is 9.73. The molecule has 0 spiro atoms. The van der Waals surface area contributed by atoms with E-state index in [1.807, 2.05) is 11.9 Å². The Hall–Kier alpha value is -1.01. The van der Waals surface area contributed by atoms with Gasteiger partial charge in [-0.25, -0.2) is 4.79 Å². The molecule has 5 aliphatic rings. The third-order valence-electron chi connectivity index (χ3n) is 7.41. The Bertz CT molecular complexity index is 533. The Balaban J connectivity index is 0.00000225. The molecule has 5 fully saturated rings. The summed E-state index contributed by atoms with van der Waals surface area (Å²) < 4.78 is 0. The van der Waals surface area contributed by atoms with Crippen LogP contribution in [0, 0.1) is 23.7 Å². The van der Waals surface area contributed by atoms with Crippen molar-refractivity contribution in [1.82, 2.24) is 20.9 Å². The second-order valence-electron chi connectivity index (χ2n) is 9.73. The number of nitrogens with zero attached hydrogens (tertiary/aromatic N) is 1. The van der Waals surface area contributed by atoms with Crippen LogP contribution in [0.15, 0.2) is 0 Å². The number of rotatable bonds is 6. The van der Waals surface area contributed by atoms with Gasteiger partial charge in [-0.3, -0.25) is 4.79 Å². The van der Waals surface area contributed by atoms with Crippen LogP contribution in [-0.4, -0.2) is 55.6 Å². The summed E-state index contributed by atoms with van der Waals surface area (Å²) in [5.41, 5.74) is 0.0378. The summed E-state index contributed by atoms with van der Waals surface area (Å²) in [6, 6.07) is -0.0727. The third-order valence-corrected chi connectivity index (χ3v) is 7.41. The first kappa shape index (κ1) is 21.7. The first-order chi connectivity index (χ1) is 13.0. The van der Waals surface area contributed by atoms with Crippen LogP contribution in [0.5, 0.6) is 0 Å². The first-order valence-electron chi connectivity index (χ1n) is 11.0. The third kappa shape index (κ3) is 4.93. The molecule has 0 radical (unpaired) electrons. The van der Waals surface area contributed by atoms with E-state index in [-0.39, 0.29) is 29.9 Å². The van der Waals surface area contributed by atoms with Crippen molar-refractivity contribution in [3.63, 3.8) is 0 Å². The standard InChI is InChI=1S/C21H36N4O2.ClH/c1-22-13-15-3-2-6-25(14-15)19(26)4-5-23-20(27)24-21-10-16-7-17(11-21)9-18(8-16)12-21;/h15-18,22H,2-14H2,1H3,(H2,23,24,27);1H. The molecule has 4 saturated carbocycles. The lowest BCUT2D eigenvalue weighted by Crippen LogP contribution is -2.61. The fourth-order valence-corrected chi connectivity index (χ4v) is 6.74. The summed E-state index contributed by atoms with van der Waals surface area (Å²) in [6.07, 6.45) is 10.3. The predicted octanol–water partition coefficient (Wildman–Crippen LogP) is 2.52. The van der Waals surface area contributed by atoms with Gasteiger partial charge in [0, 0.05) is 31.6 Å². The molecule has 4 aliphatic carbocycles. The van der Waals surface area contributed by atoms with E-state index in [0.29, 0.717) is 18.9 Å². The van der Waals surface area contributed by atoms with Gasteiger partial charge in [0.1, 0.15) is 0 Å². The van der Waals surface area contributed by atoms with E-state index in [9.17, 15) is 9.59 Å². The van der Waals surface area contributed by atoms with Gasteiger partial charge in [0.15, 0.2) is 0 Å². The van der Waals surface area contributed by atoms with E-state index in [2.05, 4.69) is 16.0 Å². The van der Waals surface area contributed by atoms with Gasteiger partial charge in [0.2, 0.25) is 5.91 Å². The van der Waals surface area contributed by atoms with Crippen LogP contribution in [0.2, 0.25) is 0 Å². The molecule has 1 atom stereocenters. The highest BCUT2D eigenvalue weighted by atomic mass is 35.5. The Kier molecular flexibility index (Phi) is 7.13. The van der Waals surface area contributed by atoms with Gasteiger partial charge < -0.3 is 20.9 Å². The van der Waals surface area contributed by atoms with Gasteiger partial charge in [-0.05, 0) is 88.6 Å². The van der Waals surface area contributed by atoms with Crippen LogP contribution in [-0.2, 0) is 4.79 Å². The molecule has 0 aromatic carbocycles. The van der Waals surface area contributed by atoms with Gasteiger partial charge in [-0.1, -0.05) is 0 Å². The fraction of sp³-hybridized carbons (Fsp3) is 0.905. The Morgan fingerprint density at radius 1 is 1.07 bits per heavy atom. The van der Waals surface area contributed by atoms with E-state index in [0.717, 1.165) is 63.1 Å². The minimum atomic E-state index is -0.0727. The summed E-state index contributed by atoms with van der Waals surface area (Å²) in [7, 11) is 1.97. The SMILES string of the molecule is CNCC1CCCN(C(=O)CCNC(=O)NC23CC4CC(CC(C4)C2)C3)C1.Cl. The molecule has 4 bridgehead atoms. The van der Waals surface area contributed by atoms with Crippen molar-refractivity contribution in [2.45, 2.75) is 63.3 Å². The zero-order valence-corrected chi connectivity index (χ0v) is 18.0. The van der Waals surface area contributed by atoms with E-state index in [4.69, 9.17) is 0 Å². The Morgan fingerprint density at radius 2 is 1.71 bits per heavy atom. The number of piperidine rings is 1. The molecule has 28 heavy (non-hydrogen) atoms. The topological polar surface area (TPSA) is 73.5 Å². The Morgan fingerprint density at radius 3 is 2.32 bits per heavy atom. The molecule has 1 aliphatic heterocycles. The summed E-state index contributed by atoms with van der Waals surface area (Å²) in [4.78, 5) is 26.9. The largest absolute Gasteiger partial charge is 0.342 e. The van der Waals surface area contributed by atoms with Crippen LogP contribution in [0.4, 0.5) is 4.79 Å². The van der Waals surface area contributed by atoms with Crippen LogP contribution in [0.25, 0.3) is 0 Å². The molecular weight excluding hydrogens is 376 g/mol. The van der Waals surface area contributed by atoms with Crippen LogP contribution in [0.1, 0.15) is 57.8 Å². The molecule has 1 unspecified atom stereocenters. The predicted molar refractivity (Wildman–Crippen MR) is 113 cm³/mol. The van der Waals surface area contributed by atoms with E-state index < -0.39 is 0 Å². The molecule has 3 amide bonds. The maximum Gasteiger partial charge on any atom is 0.315 e. The first-order valence-corrected chi connectivity index (χ1v) is 11.0. The molecule has 1 heterocycles. The van der Waals surface area contributed by atoms with Gasteiger partial charge in [-0.15, -0.1) is 12.4 Å². The summed E-state index contributed by atoms with van der Waals surface area (Å²) in [5.74, 6) is 3.19. The lowest BCUT2D eigenvalue weighted by molar-refractivity contribution is -0.132. The highest BCUT2D eigenvalue weighted by Gasteiger charge is 2.51. The van der Waals surface area contributed by atoms with Crippen molar-refractivity contribution in [3.05, 3.63) is 0 Å². The Labute approximate surface area is 175 Å². The number of amides is 3. The van der Waals surface area contributed by atoms with Crippen molar-refractivity contribution in [2.24, 2.45) is 23.7 Å². The van der Waals surface area contributed by atoms with Crippen molar-refractivity contribution in [3.8, 4) is 0 Å². The number of hydrogen-bond acceptors (Lipinski definition) is 3. The van der Waals surface area contributed by atoms with Crippen LogP contribution < -0.4 is 16.0 Å². The highest BCUT2D eigenvalue weighted by molar-refractivity contribution is 5.85. The van der Waals surface area contributed by atoms with Crippen LogP contribution >= 0.6 is 12.4 Å². The quantitative estimate of drug-likeness (QED) is 0.627. The maximum atomic E-state index is 12.5. The van der Waals surface area contributed by atoms with E-state index >= 15 is 0 Å². The van der Waals surface area contributed by atoms with E-state index in [1.54, 1.807) is 0 Å². The molecular formula is C21H37ClN4O2.